The molecular formula is C19H15BrN4O6. The molecule has 0 spiro atoms. The zero-order chi connectivity index (χ0) is 22.3. The number of imide groups is 1. The van der Waals surface area contributed by atoms with Crippen molar-refractivity contribution in [2.45, 2.75) is 6.61 Å². The topological polar surface area (TPSA) is 158 Å². The van der Waals surface area contributed by atoms with Crippen LogP contribution in [0.1, 0.15) is 11.1 Å². The molecule has 0 aliphatic heterocycles. The Morgan fingerprint density at radius 1 is 1.33 bits per heavy atom. The highest BCUT2D eigenvalue weighted by molar-refractivity contribution is 9.10. The van der Waals surface area contributed by atoms with E-state index in [9.17, 15) is 19.7 Å². The lowest BCUT2D eigenvalue weighted by Gasteiger charge is -2.13. The van der Waals surface area contributed by atoms with Crippen LogP contribution < -0.4 is 20.5 Å². The molecule has 30 heavy (non-hydrogen) atoms. The number of hydrogen-bond acceptors (Lipinski definition) is 7. The van der Waals surface area contributed by atoms with E-state index in [1.807, 2.05) is 5.32 Å². The number of ether oxygens (including phenoxy) is 2. The molecule has 0 aromatic heterocycles. The molecule has 0 aliphatic rings. The molecule has 154 valence electrons. The third-order valence-corrected chi connectivity index (χ3v) is 4.39. The fourth-order valence-electron chi connectivity index (χ4n) is 2.34. The van der Waals surface area contributed by atoms with Gasteiger partial charge in [0.2, 0.25) is 0 Å². The summed E-state index contributed by atoms with van der Waals surface area (Å²) >= 11 is 3.32. The number of carbonyl (C=O) groups excluding carboxylic acids is 2. The average molecular weight is 475 g/mol. The molecule has 0 heterocycles. The Bertz CT molecular complexity index is 1080. The largest absolute Gasteiger partial charge is 0.493 e. The molecule has 3 N–H and O–H groups in total. The van der Waals surface area contributed by atoms with Crippen LogP contribution in [0.25, 0.3) is 6.08 Å². The summed E-state index contributed by atoms with van der Waals surface area (Å²) in [5.41, 5.74) is 5.49. The highest BCUT2D eigenvalue weighted by Crippen LogP contribution is 2.35. The van der Waals surface area contributed by atoms with E-state index in [1.165, 1.54) is 31.4 Å². The lowest BCUT2D eigenvalue weighted by molar-refractivity contribution is -0.384. The number of nitro benzene ring substituents is 1. The number of primary amides is 1. The number of hydrogen-bond donors (Lipinski definition) is 2. The molecule has 11 heteroatoms. The lowest BCUT2D eigenvalue weighted by Crippen LogP contribution is -2.35. The molecule has 10 nitrogen and oxygen atoms in total. The summed E-state index contributed by atoms with van der Waals surface area (Å²) in [5, 5.41) is 21.9. The number of rotatable bonds is 7. The van der Waals surface area contributed by atoms with Gasteiger partial charge in [-0.2, -0.15) is 5.26 Å². The molecule has 0 bridgehead atoms. The molecule has 2 aromatic carbocycles. The van der Waals surface area contributed by atoms with Gasteiger partial charge in [-0.05, 0) is 29.3 Å². The highest BCUT2D eigenvalue weighted by Gasteiger charge is 2.15. The number of benzene rings is 2. The van der Waals surface area contributed by atoms with E-state index in [0.717, 1.165) is 0 Å². The molecule has 0 radical (unpaired) electrons. The maximum absolute atomic E-state index is 11.8. The Hall–Kier alpha value is -3.91. The van der Waals surface area contributed by atoms with Crippen LogP contribution in [0.15, 0.2) is 46.4 Å². The number of carbonyl (C=O) groups is 2. The number of nitriles is 1. The highest BCUT2D eigenvalue weighted by atomic mass is 79.9. The number of amides is 3. The molecule has 2 rings (SSSR count). The van der Waals surface area contributed by atoms with Crippen LogP contribution in [-0.4, -0.2) is 24.0 Å². The van der Waals surface area contributed by atoms with Crippen molar-refractivity contribution in [2.24, 2.45) is 5.73 Å². The first-order chi connectivity index (χ1) is 14.2. The summed E-state index contributed by atoms with van der Waals surface area (Å²) in [5.74, 6) is -0.322. The van der Waals surface area contributed by atoms with E-state index in [2.05, 4.69) is 15.9 Å². The maximum atomic E-state index is 11.8. The minimum absolute atomic E-state index is 0.0458. The number of urea groups is 1. The van der Waals surface area contributed by atoms with Crippen LogP contribution in [0.4, 0.5) is 10.5 Å². The fourth-order valence-corrected chi connectivity index (χ4v) is 2.77. The van der Waals surface area contributed by atoms with Crippen molar-refractivity contribution in [2.75, 3.05) is 7.11 Å². The normalized spacial score (nSPS) is 10.6. The zero-order valence-corrected chi connectivity index (χ0v) is 17.1. The van der Waals surface area contributed by atoms with E-state index in [4.69, 9.17) is 20.5 Å². The number of nitro groups is 1. The first-order valence-corrected chi connectivity index (χ1v) is 9.00. The van der Waals surface area contributed by atoms with E-state index < -0.39 is 16.9 Å². The van der Waals surface area contributed by atoms with Crippen molar-refractivity contribution >= 4 is 39.6 Å². The van der Waals surface area contributed by atoms with E-state index in [-0.39, 0.29) is 17.9 Å². The number of non-ortho nitro benzene ring substituents is 1. The molecule has 3 amide bonds. The monoisotopic (exact) mass is 474 g/mol. The van der Waals surface area contributed by atoms with Crippen LogP contribution >= 0.6 is 15.9 Å². The number of halogens is 1. The molecular weight excluding hydrogens is 460 g/mol. The van der Waals surface area contributed by atoms with Gasteiger partial charge in [-0.15, -0.1) is 0 Å². The molecule has 2 aromatic rings. The summed E-state index contributed by atoms with van der Waals surface area (Å²) < 4.78 is 11.5. The van der Waals surface area contributed by atoms with Gasteiger partial charge in [-0.25, -0.2) is 4.79 Å². The van der Waals surface area contributed by atoms with Crippen LogP contribution in [0.5, 0.6) is 11.5 Å². The predicted octanol–water partition coefficient (Wildman–Crippen LogP) is 3.05. The smallest absolute Gasteiger partial charge is 0.319 e. The molecule has 0 saturated heterocycles. The van der Waals surface area contributed by atoms with E-state index >= 15 is 0 Å². The Balaban J connectivity index is 2.29. The molecule has 0 saturated carbocycles. The molecule has 0 fully saturated rings. The quantitative estimate of drug-likeness (QED) is 0.270. The number of methoxy groups -OCH3 is 1. The van der Waals surface area contributed by atoms with Crippen molar-refractivity contribution in [1.82, 2.24) is 5.32 Å². The first kappa shape index (κ1) is 22.4. The van der Waals surface area contributed by atoms with Gasteiger partial charge in [-0.3, -0.25) is 20.2 Å². The lowest BCUT2D eigenvalue weighted by atomic mass is 10.1. The Morgan fingerprint density at radius 3 is 2.67 bits per heavy atom. The van der Waals surface area contributed by atoms with Crippen molar-refractivity contribution < 1.29 is 24.0 Å². The van der Waals surface area contributed by atoms with E-state index in [1.54, 1.807) is 24.3 Å². The van der Waals surface area contributed by atoms with E-state index in [0.29, 0.717) is 27.1 Å². The van der Waals surface area contributed by atoms with Crippen molar-refractivity contribution in [3.8, 4) is 17.6 Å². The molecule has 0 unspecified atom stereocenters. The SMILES string of the molecule is COc1cc(/C=C(/C#N)C(=O)NC(N)=O)c(Br)cc1OCc1cccc([N+](=O)[O-])c1. The Kier molecular flexibility index (Phi) is 7.49. The van der Waals surface area contributed by atoms with Crippen molar-refractivity contribution in [3.05, 3.63) is 67.7 Å². The first-order valence-electron chi connectivity index (χ1n) is 8.21. The Labute approximate surface area is 179 Å². The van der Waals surface area contributed by atoms with Gasteiger partial charge in [0.05, 0.1) is 12.0 Å². The second-order valence-electron chi connectivity index (χ2n) is 5.73. The summed E-state index contributed by atoms with van der Waals surface area (Å²) in [6.45, 7) is 0.0458. The summed E-state index contributed by atoms with van der Waals surface area (Å²) in [6, 6.07) is 9.70. The Morgan fingerprint density at radius 2 is 2.07 bits per heavy atom. The fraction of sp³-hybridized carbons (Fsp3) is 0.105. The van der Waals surface area contributed by atoms with Crippen LogP contribution in [0.2, 0.25) is 0 Å². The third kappa shape index (κ3) is 5.79. The van der Waals surface area contributed by atoms with Gasteiger partial charge in [-0.1, -0.05) is 28.1 Å². The third-order valence-electron chi connectivity index (χ3n) is 3.70. The number of nitrogens with two attached hydrogens (primary N) is 1. The second-order valence-corrected chi connectivity index (χ2v) is 6.58. The van der Waals surface area contributed by atoms with Crippen LogP contribution in [0.3, 0.4) is 0 Å². The van der Waals surface area contributed by atoms with Gasteiger partial charge < -0.3 is 15.2 Å². The minimum atomic E-state index is -1.08. The van der Waals surface area contributed by atoms with Gasteiger partial charge in [0.15, 0.2) is 11.5 Å². The van der Waals surface area contributed by atoms with Crippen LogP contribution in [-0.2, 0) is 11.4 Å². The van der Waals surface area contributed by atoms with Crippen LogP contribution in [0, 0.1) is 21.4 Å². The van der Waals surface area contributed by atoms with Crippen molar-refractivity contribution in [3.63, 3.8) is 0 Å². The van der Waals surface area contributed by atoms with Gasteiger partial charge in [0.25, 0.3) is 11.6 Å². The molecule has 0 atom stereocenters. The van der Waals surface area contributed by atoms with Gasteiger partial charge in [0, 0.05) is 16.6 Å². The predicted molar refractivity (Wildman–Crippen MR) is 109 cm³/mol. The zero-order valence-electron chi connectivity index (χ0n) is 15.5. The summed E-state index contributed by atoms with van der Waals surface area (Å²) in [7, 11) is 1.40. The van der Waals surface area contributed by atoms with Gasteiger partial charge >= 0.3 is 6.03 Å². The summed E-state index contributed by atoms with van der Waals surface area (Å²) in [6.07, 6.45) is 1.25. The van der Waals surface area contributed by atoms with Crippen molar-refractivity contribution in [1.29, 1.82) is 5.26 Å². The maximum Gasteiger partial charge on any atom is 0.319 e. The average Bonchev–Trinajstić information content (AvgIpc) is 2.71. The second kappa shape index (κ2) is 10.0. The number of nitrogens with zero attached hydrogens (tertiary/aromatic N) is 2. The number of nitrogens with one attached hydrogen (secondary N) is 1. The minimum Gasteiger partial charge on any atom is -0.493 e. The summed E-state index contributed by atoms with van der Waals surface area (Å²) in [4.78, 5) is 33.0. The molecule has 0 aliphatic carbocycles. The standard InChI is InChI=1S/C19H15BrN4O6/c1-29-16-7-12(6-13(9-21)18(25)23-19(22)26)15(20)8-17(16)30-10-11-3-2-4-14(5-11)24(27)28/h2-8H,10H2,1H3,(H3,22,23,25,26)/b13-6-. The van der Waals surface area contributed by atoms with Gasteiger partial charge in [0.1, 0.15) is 18.2 Å².